The van der Waals surface area contributed by atoms with Crippen LogP contribution in [0.4, 0.5) is 0 Å². The van der Waals surface area contributed by atoms with Crippen LogP contribution in [0.15, 0.2) is 22.7 Å². The highest BCUT2D eigenvalue weighted by Gasteiger charge is 2.19. The fraction of sp³-hybridized carbons (Fsp3) is 0.308. The molecule has 1 aromatic carbocycles. The number of esters is 1. The van der Waals surface area contributed by atoms with Crippen molar-refractivity contribution >= 4 is 44.4 Å². The average Bonchev–Trinajstić information content (AvgIpc) is 2.59. The quantitative estimate of drug-likeness (QED) is 0.780. The largest absolute Gasteiger partial charge is 0.455 e. The molecule has 1 heterocycles. The monoisotopic (exact) mass is 329 g/mol. The number of carbonyl (C=O) groups excluding carboxylic acids is 1. The Kier molecular flexibility index (Phi) is 3.43. The number of halogens is 2. The molecule has 0 aliphatic heterocycles. The molecule has 3 nitrogen and oxygen atoms in total. The second kappa shape index (κ2) is 4.59. The average molecular weight is 331 g/mol. The first kappa shape index (κ1) is 13.4. The zero-order valence-electron chi connectivity index (χ0n) is 10.3. The molecule has 2 rings (SSSR count). The first-order valence-electron chi connectivity index (χ1n) is 5.47. The van der Waals surface area contributed by atoms with Gasteiger partial charge < -0.3 is 9.72 Å². The maximum Gasteiger partial charge on any atom is 0.355 e. The van der Waals surface area contributed by atoms with Crippen molar-refractivity contribution in [3.8, 4) is 0 Å². The first-order chi connectivity index (χ1) is 8.26. The van der Waals surface area contributed by atoms with Crippen LogP contribution in [0.1, 0.15) is 31.3 Å². The number of ether oxygens (including phenoxy) is 1. The van der Waals surface area contributed by atoms with Gasteiger partial charge in [-0.3, -0.25) is 0 Å². The van der Waals surface area contributed by atoms with E-state index >= 15 is 0 Å². The predicted molar refractivity (Wildman–Crippen MR) is 76.2 cm³/mol. The van der Waals surface area contributed by atoms with Crippen LogP contribution in [-0.2, 0) is 4.74 Å². The minimum absolute atomic E-state index is 0.369. The Bertz CT molecular complexity index is 574. The van der Waals surface area contributed by atoms with E-state index < -0.39 is 5.60 Å². The van der Waals surface area contributed by atoms with Crippen LogP contribution < -0.4 is 0 Å². The van der Waals surface area contributed by atoms with Crippen molar-refractivity contribution in [2.24, 2.45) is 0 Å². The van der Waals surface area contributed by atoms with E-state index in [1.807, 2.05) is 26.8 Å². The third-order valence-corrected chi connectivity index (χ3v) is 3.48. The van der Waals surface area contributed by atoms with Crippen LogP contribution in [-0.4, -0.2) is 16.6 Å². The van der Waals surface area contributed by atoms with E-state index in [2.05, 4.69) is 20.9 Å². The molecule has 0 saturated heterocycles. The summed E-state index contributed by atoms with van der Waals surface area (Å²) in [6, 6.07) is 5.37. The fourth-order valence-electron chi connectivity index (χ4n) is 1.57. The lowest BCUT2D eigenvalue weighted by Crippen LogP contribution is -2.24. The van der Waals surface area contributed by atoms with Gasteiger partial charge in [0.2, 0.25) is 0 Å². The summed E-state index contributed by atoms with van der Waals surface area (Å²) >= 11 is 9.35. The third-order valence-electron chi connectivity index (χ3n) is 2.28. The van der Waals surface area contributed by atoms with Gasteiger partial charge in [0.05, 0.1) is 5.02 Å². The molecular formula is C13H13BrClNO2. The highest BCUT2D eigenvalue weighted by Crippen LogP contribution is 2.28. The van der Waals surface area contributed by atoms with Crippen LogP contribution in [0.2, 0.25) is 5.02 Å². The molecule has 96 valence electrons. The van der Waals surface area contributed by atoms with E-state index in [4.69, 9.17) is 16.3 Å². The Morgan fingerprint density at radius 3 is 2.61 bits per heavy atom. The van der Waals surface area contributed by atoms with E-state index in [-0.39, 0.29) is 5.97 Å². The standard InChI is InChI=1S/C13H13BrClNO2/c1-13(2,3)18-12(17)11-5-7-4-9(15)8(14)6-10(7)16-11/h4-6,16H,1-3H3. The van der Waals surface area contributed by atoms with Crippen molar-refractivity contribution in [3.63, 3.8) is 0 Å². The lowest BCUT2D eigenvalue weighted by molar-refractivity contribution is 0.00639. The van der Waals surface area contributed by atoms with E-state index in [0.29, 0.717) is 10.7 Å². The minimum atomic E-state index is -0.507. The second-order valence-electron chi connectivity index (χ2n) is 5.04. The number of hydrogen-bond donors (Lipinski definition) is 1. The zero-order valence-corrected chi connectivity index (χ0v) is 12.6. The number of H-pyrrole nitrogens is 1. The smallest absolute Gasteiger partial charge is 0.355 e. The van der Waals surface area contributed by atoms with E-state index in [9.17, 15) is 4.79 Å². The van der Waals surface area contributed by atoms with Gasteiger partial charge in [0.15, 0.2) is 0 Å². The molecule has 0 radical (unpaired) electrons. The van der Waals surface area contributed by atoms with Crippen LogP contribution in [0.5, 0.6) is 0 Å². The number of rotatable bonds is 1. The number of hydrogen-bond acceptors (Lipinski definition) is 2. The summed E-state index contributed by atoms with van der Waals surface area (Å²) in [5.74, 6) is -0.369. The van der Waals surface area contributed by atoms with Gasteiger partial charge in [-0.15, -0.1) is 0 Å². The highest BCUT2D eigenvalue weighted by molar-refractivity contribution is 9.10. The third kappa shape index (κ3) is 2.87. The lowest BCUT2D eigenvalue weighted by atomic mass is 10.2. The molecule has 0 bridgehead atoms. The normalized spacial score (nSPS) is 11.8. The molecule has 0 unspecified atom stereocenters. The molecule has 2 aromatic rings. The summed E-state index contributed by atoms with van der Waals surface area (Å²) in [5.41, 5.74) is 0.758. The van der Waals surface area contributed by atoms with Gasteiger partial charge in [-0.2, -0.15) is 0 Å². The van der Waals surface area contributed by atoms with Gasteiger partial charge in [-0.1, -0.05) is 11.6 Å². The summed E-state index contributed by atoms with van der Waals surface area (Å²) in [6.07, 6.45) is 0. The Balaban J connectivity index is 2.39. The summed E-state index contributed by atoms with van der Waals surface area (Å²) in [7, 11) is 0. The van der Waals surface area contributed by atoms with Crippen molar-refractivity contribution in [2.75, 3.05) is 0 Å². The molecule has 1 N–H and O–H groups in total. The topological polar surface area (TPSA) is 42.1 Å². The maximum absolute atomic E-state index is 11.9. The molecule has 0 spiro atoms. The Labute approximate surface area is 119 Å². The first-order valence-corrected chi connectivity index (χ1v) is 6.64. The SMILES string of the molecule is CC(C)(C)OC(=O)c1cc2cc(Cl)c(Br)cc2[nH]1. The van der Waals surface area contributed by atoms with Crippen molar-refractivity contribution in [3.05, 3.63) is 33.4 Å². The summed E-state index contributed by atoms with van der Waals surface area (Å²) in [5, 5.41) is 1.49. The number of aromatic nitrogens is 1. The zero-order chi connectivity index (χ0) is 13.5. The number of fused-ring (bicyclic) bond motifs is 1. The van der Waals surface area contributed by atoms with Gasteiger partial charge in [-0.05, 0) is 54.9 Å². The van der Waals surface area contributed by atoms with Crippen LogP contribution in [0.3, 0.4) is 0 Å². The molecule has 0 fully saturated rings. The molecule has 18 heavy (non-hydrogen) atoms. The molecule has 5 heteroatoms. The van der Waals surface area contributed by atoms with Crippen LogP contribution in [0.25, 0.3) is 10.9 Å². The molecule has 0 aliphatic rings. The predicted octanol–water partition coefficient (Wildman–Crippen LogP) is 4.54. The molecule has 0 atom stereocenters. The summed E-state index contributed by atoms with van der Waals surface area (Å²) in [4.78, 5) is 14.9. The number of nitrogens with one attached hydrogen (secondary N) is 1. The van der Waals surface area contributed by atoms with Gasteiger partial charge in [0.25, 0.3) is 0 Å². The lowest BCUT2D eigenvalue weighted by Gasteiger charge is -2.18. The van der Waals surface area contributed by atoms with Crippen molar-refractivity contribution < 1.29 is 9.53 Å². The summed E-state index contributed by atoms with van der Waals surface area (Å²) < 4.78 is 6.09. The van der Waals surface area contributed by atoms with E-state index in [1.165, 1.54) is 0 Å². The number of benzene rings is 1. The van der Waals surface area contributed by atoms with E-state index in [0.717, 1.165) is 15.4 Å². The van der Waals surface area contributed by atoms with Crippen LogP contribution >= 0.6 is 27.5 Å². The van der Waals surface area contributed by atoms with Crippen molar-refractivity contribution in [2.45, 2.75) is 26.4 Å². The Hall–Kier alpha value is -1.00. The summed E-state index contributed by atoms with van der Waals surface area (Å²) in [6.45, 7) is 5.50. The molecule has 0 saturated carbocycles. The Morgan fingerprint density at radius 2 is 2.00 bits per heavy atom. The van der Waals surface area contributed by atoms with Crippen LogP contribution in [0, 0.1) is 0 Å². The second-order valence-corrected chi connectivity index (χ2v) is 6.30. The highest BCUT2D eigenvalue weighted by atomic mass is 79.9. The molecule has 1 aromatic heterocycles. The van der Waals surface area contributed by atoms with Crippen molar-refractivity contribution in [1.29, 1.82) is 0 Å². The fourth-order valence-corrected chi connectivity index (χ4v) is 2.09. The minimum Gasteiger partial charge on any atom is -0.455 e. The van der Waals surface area contributed by atoms with Gasteiger partial charge in [-0.25, -0.2) is 4.79 Å². The number of carbonyl (C=O) groups is 1. The van der Waals surface area contributed by atoms with Gasteiger partial charge in [0, 0.05) is 15.4 Å². The molecule has 0 amide bonds. The van der Waals surface area contributed by atoms with Crippen molar-refractivity contribution in [1.82, 2.24) is 4.98 Å². The number of aromatic amines is 1. The van der Waals surface area contributed by atoms with E-state index in [1.54, 1.807) is 12.1 Å². The van der Waals surface area contributed by atoms with Gasteiger partial charge in [0.1, 0.15) is 11.3 Å². The molecular weight excluding hydrogens is 318 g/mol. The maximum atomic E-state index is 11.9. The molecule has 0 aliphatic carbocycles. The van der Waals surface area contributed by atoms with Gasteiger partial charge >= 0.3 is 5.97 Å². The Morgan fingerprint density at radius 1 is 1.33 bits per heavy atom.